The van der Waals surface area contributed by atoms with Crippen LogP contribution in [0.4, 0.5) is 5.69 Å². The smallest absolute Gasteiger partial charge is 0.221 e. The van der Waals surface area contributed by atoms with E-state index in [0.29, 0.717) is 0 Å². The van der Waals surface area contributed by atoms with Gasteiger partial charge in [0.25, 0.3) is 0 Å². The molecule has 0 radical (unpaired) electrons. The first-order valence-corrected chi connectivity index (χ1v) is 7.86. The Labute approximate surface area is 124 Å². The number of hydrogen-bond acceptors (Lipinski definition) is 4. The molecule has 0 saturated carbocycles. The van der Waals surface area contributed by atoms with Gasteiger partial charge < -0.3 is 5.32 Å². The average Bonchev–Trinajstić information content (AvgIpc) is 3.10. The zero-order valence-electron chi connectivity index (χ0n) is 10.8. The number of benzene rings is 1. The minimum absolute atomic E-state index is 0.0635. The minimum atomic E-state index is -0.0635. The number of thiazole rings is 1. The van der Waals surface area contributed by atoms with E-state index in [4.69, 9.17) is 0 Å². The molecular formula is C15H12N2OS2. The van der Waals surface area contributed by atoms with Crippen molar-refractivity contribution in [2.75, 3.05) is 5.32 Å². The standard InChI is InChI=1S/C15H12N2OS2/c1-10(18)16-12-6-4-11(5-7-12)13-9-20-15(17-13)14-3-2-8-19-14/h2-9H,1H3,(H,16,18). The van der Waals surface area contributed by atoms with Crippen LogP contribution in [0.5, 0.6) is 0 Å². The van der Waals surface area contributed by atoms with Gasteiger partial charge in [-0.05, 0) is 23.6 Å². The maximum atomic E-state index is 11.0. The van der Waals surface area contributed by atoms with Gasteiger partial charge in [0.2, 0.25) is 5.91 Å². The number of rotatable bonds is 3. The molecule has 2 aromatic heterocycles. The van der Waals surface area contributed by atoms with Crippen LogP contribution in [0, 0.1) is 0 Å². The minimum Gasteiger partial charge on any atom is -0.326 e. The second kappa shape index (κ2) is 5.56. The molecule has 0 fully saturated rings. The molecule has 0 unspecified atom stereocenters. The molecule has 2 heterocycles. The van der Waals surface area contributed by atoms with Gasteiger partial charge in [-0.15, -0.1) is 22.7 Å². The molecule has 0 saturated heterocycles. The number of carbonyl (C=O) groups excluding carboxylic acids is 1. The molecule has 5 heteroatoms. The Hall–Kier alpha value is -1.98. The summed E-state index contributed by atoms with van der Waals surface area (Å²) in [5.74, 6) is -0.0635. The van der Waals surface area contributed by atoms with Gasteiger partial charge in [-0.2, -0.15) is 0 Å². The van der Waals surface area contributed by atoms with Crippen molar-refractivity contribution in [2.24, 2.45) is 0 Å². The van der Waals surface area contributed by atoms with Gasteiger partial charge in [-0.25, -0.2) is 4.98 Å². The van der Waals surface area contributed by atoms with Crippen molar-refractivity contribution in [3.05, 3.63) is 47.2 Å². The first-order chi connectivity index (χ1) is 9.72. The van der Waals surface area contributed by atoms with E-state index >= 15 is 0 Å². The van der Waals surface area contributed by atoms with Crippen molar-refractivity contribution in [1.82, 2.24) is 4.98 Å². The number of hydrogen-bond donors (Lipinski definition) is 1. The maximum absolute atomic E-state index is 11.0. The van der Waals surface area contributed by atoms with Crippen molar-refractivity contribution < 1.29 is 4.79 Å². The van der Waals surface area contributed by atoms with Gasteiger partial charge in [-0.1, -0.05) is 18.2 Å². The van der Waals surface area contributed by atoms with E-state index in [-0.39, 0.29) is 5.91 Å². The number of aromatic nitrogens is 1. The van der Waals surface area contributed by atoms with E-state index in [1.54, 1.807) is 22.7 Å². The molecule has 1 amide bonds. The van der Waals surface area contributed by atoms with Gasteiger partial charge in [0.05, 0.1) is 10.6 Å². The number of carbonyl (C=O) groups is 1. The zero-order chi connectivity index (χ0) is 13.9. The van der Waals surface area contributed by atoms with E-state index in [1.165, 1.54) is 11.8 Å². The number of amides is 1. The number of thiophene rings is 1. The van der Waals surface area contributed by atoms with E-state index in [9.17, 15) is 4.79 Å². The fraction of sp³-hybridized carbons (Fsp3) is 0.0667. The van der Waals surface area contributed by atoms with Crippen LogP contribution < -0.4 is 5.32 Å². The van der Waals surface area contributed by atoms with Crippen LogP contribution in [0.25, 0.3) is 21.1 Å². The summed E-state index contributed by atoms with van der Waals surface area (Å²) in [5.41, 5.74) is 2.82. The fourth-order valence-electron chi connectivity index (χ4n) is 1.85. The zero-order valence-corrected chi connectivity index (χ0v) is 12.4. The highest BCUT2D eigenvalue weighted by Crippen LogP contribution is 2.31. The highest BCUT2D eigenvalue weighted by molar-refractivity contribution is 7.20. The summed E-state index contributed by atoms with van der Waals surface area (Å²) in [6.07, 6.45) is 0. The first kappa shape index (κ1) is 13.0. The summed E-state index contributed by atoms with van der Waals surface area (Å²) in [7, 11) is 0. The third kappa shape index (κ3) is 2.79. The van der Waals surface area contributed by atoms with Gasteiger partial charge in [0.1, 0.15) is 5.01 Å². The molecule has 20 heavy (non-hydrogen) atoms. The second-order valence-corrected chi connectivity index (χ2v) is 6.08. The highest BCUT2D eigenvalue weighted by Gasteiger charge is 2.07. The van der Waals surface area contributed by atoms with Crippen LogP contribution in [0.1, 0.15) is 6.92 Å². The summed E-state index contributed by atoms with van der Waals surface area (Å²) in [5, 5.41) is 7.91. The SMILES string of the molecule is CC(=O)Nc1ccc(-c2csc(-c3cccs3)n2)cc1. The largest absolute Gasteiger partial charge is 0.326 e. The number of anilines is 1. The lowest BCUT2D eigenvalue weighted by molar-refractivity contribution is -0.114. The van der Waals surface area contributed by atoms with Crippen LogP contribution >= 0.6 is 22.7 Å². The molecule has 0 spiro atoms. The van der Waals surface area contributed by atoms with Crippen molar-refractivity contribution >= 4 is 34.3 Å². The highest BCUT2D eigenvalue weighted by atomic mass is 32.1. The van der Waals surface area contributed by atoms with E-state index < -0.39 is 0 Å². The Morgan fingerprint density at radius 3 is 2.60 bits per heavy atom. The molecule has 3 nitrogen and oxygen atoms in total. The Morgan fingerprint density at radius 1 is 1.15 bits per heavy atom. The van der Waals surface area contributed by atoms with Crippen LogP contribution in [0.15, 0.2) is 47.2 Å². The van der Waals surface area contributed by atoms with Crippen molar-refractivity contribution in [1.29, 1.82) is 0 Å². The maximum Gasteiger partial charge on any atom is 0.221 e. The molecule has 1 aromatic carbocycles. The molecule has 0 aliphatic heterocycles. The van der Waals surface area contributed by atoms with Gasteiger partial charge >= 0.3 is 0 Å². The molecule has 0 aliphatic rings. The van der Waals surface area contributed by atoms with Crippen LogP contribution in [0.3, 0.4) is 0 Å². The quantitative estimate of drug-likeness (QED) is 0.774. The molecule has 100 valence electrons. The molecule has 0 aliphatic carbocycles. The van der Waals surface area contributed by atoms with Crippen LogP contribution in [-0.4, -0.2) is 10.9 Å². The van der Waals surface area contributed by atoms with Gasteiger partial charge in [0.15, 0.2) is 0 Å². The van der Waals surface area contributed by atoms with Crippen LogP contribution in [0.2, 0.25) is 0 Å². The normalized spacial score (nSPS) is 10.4. The fourth-order valence-corrected chi connectivity index (χ4v) is 3.49. The predicted octanol–water partition coefficient (Wildman–Crippen LogP) is 4.50. The summed E-state index contributed by atoms with van der Waals surface area (Å²) in [6, 6.07) is 11.8. The summed E-state index contributed by atoms with van der Waals surface area (Å²) < 4.78 is 0. The Kier molecular flexibility index (Phi) is 3.62. The van der Waals surface area contributed by atoms with E-state index in [2.05, 4.69) is 27.1 Å². The summed E-state index contributed by atoms with van der Waals surface area (Å²) >= 11 is 3.34. The predicted molar refractivity (Wildman–Crippen MR) is 85.2 cm³/mol. The molecule has 0 atom stereocenters. The third-order valence-corrected chi connectivity index (χ3v) is 4.62. The summed E-state index contributed by atoms with van der Waals surface area (Å²) in [6.45, 7) is 1.50. The van der Waals surface area contributed by atoms with E-state index in [0.717, 1.165) is 22.0 Å². The van der Waals surface area contributed by atoms with Crippen molar-refractivity contribution in [3.63, 3.8) is 0 Å². The molecule has 3 rings (SSSR count). The Balaban J connectivity index is 1.84. The topological polar surface area (TPSA) is 42.0 Å². The van der Waals surface area contributed by atoms with E-state index in [1.807, 2.05) is 30.3 Å². The van der Waals surface area contributed by atoms with Crippen molar-refractivity contribution in [3.8, 4) is 21.1 Å². The number of nitrogens with one attached hydrogen (secondary N) is 1. The second-order valence-electron chi connectivity index (χ2n) is 4.27. The molecule has 1 N–H and O–H groups in total. The van der Waals surface area contributed by atoms with Gasteiger partial charge in [-0.3, -0.25) is 4.79 Å². The van der Waals surface area contributed by atoms with Gasteiger partial charge in [0, 0.05) is 23.6 Å². The molecular weight excluding hydrogens is 288 g/mol. The van der Waals surface area contributed by atoms with Crippen molar-refractivity contribution in [2.45, 2.75) is 6.92 Å². The number of nitrogens with zero attached hydrogens (tertiary/aromatic N) is 1. The first-order valence-electron chi connectivity index (χ1n) is 6.10. The summed E-state index contributed by atoms with van der Waals surface area (Å²) in [4.78, 5) is 16.8. The Bertz CT molecular complexity index is 715. The lowest BCUT2D eigenvalue weighted by Crippen LogP contribution is -2.05. The lowest BCUT2D eigenvalue weighted by atomic mass is 10.1. The Morgan fingerprint density at radius 2 is 1.95 bits per heavy atom. The molecule has 3 aromatic rings. The average molecular weight is 300 g/mol. The molecule has 0 bridgehead atoms. The van der Waals surface area contributed by atoms with Crippen LogP contribution in [-0.2, 0) is 4.79 Å². The lowest BCUT2D eigenvalue weighted by Gasteiger charge is -2.02. The third-order valence-electron chi connectivity index (χ3n) is 2.74. The monoisotopic (exact) mass is 300 g/mol.